The van der Waals surface area contributed by atoms with Crippen molar-refractivity contribution in [3.05, 3.63) is 0 Å². The highest BCUT2D eigenvalue weighted by atomic mass is 16.2. The van der Waals surface area contributed by atoms with Crippen molar-refractivity contribution in [3.63, 3.8) is 0 Å². The van der Waals surface area contributed by atoms with E-state index in [4.69, 9.17) is 0 Å². The summed E-state index contributed by atoms with van der Waals surface area (Å²) < 4.78 is 0. The highest BCUT2D eigenvalue weighted by molar-refractivity contribution is 5.94. The van der Waals surface area contributed by atoms with Crippen molar-refractivity contribution >= 4 is 11.8 Å². The van der Waals surface area contributed by atoms with Crippen LogP contribution in [-0.4, -0.2) is 61.4 Å². The highest BCUT2D eigenvalue weighted by Crippen LogP contribution is 2.07. The molecule has 0 aliphatic carbocycles. The summed E-state index contributed by atoms with van der Waals surface area (Å²) >= 11 is 0. The van der Waals surface area contributed by atoms with E-state index >= 15 is 0 Å². The Morgan fingerprint density at radius 1 is 1.38 bits per heavy atom. The number of unbranched alkanes of at least 4 members (excludes halogenated alkanes) is 1. The molecule has 1 N–H and O–H groups in total. The third-order valence-corrected chi connectivity index (χ3v) is 2.84. The molecule has 0 aromatic heterocycles. The second-order valence-electron chi connectivity index (χ2n) is 4.49. The summed E-state index contributed by atoms with van der Waals surface area (Å²) in [4.78, 5) is 26.8. The van der Waals surface area contributed by atoms with Crippen molar-refractivity contribution < 1.29 is 9.59 Å². The normalized spacial score (nSPS) is 21.5. The largest absolute Gasteiger partial charge is 0.345 e. The number of piperazine rings is 1. The van der Waals surface area contributed by atoms with E-state index in [-0.39, 0.29) is 24.4 Å². The Balaban J connectivity index is 2.33. The molecule has 0 aromatic carbocycles. The Bertz CT molecular complexity index is 266. The van der Waals surface area contributed by atoms with Gasteiger partial charge in [0, 0.05) is 6.54 Å². The van der Waals surface area contributed by atoms with Crippen LogP contribution in [0.2, 0.25) is 0 Å². The first-order valence-electron chi connectivity index (χ1n) is 5.74. The first-order chi connectivity index (χ1) is 7.52. The van der Waals surface area contributed by atoms with Crippen molar-refractivity contribution in [3.8, 4) is 0 Å². The summed E-state index contributed by atoms with van der Waals surface area (Å²) in [7, 11) is 4.06. The molecule has 1 rings (SSSR count). The Hall–Kier alpha value is -1.10. The fourth-order valence-electron chi connectivity index (χ4n) is 1.80. The van der Waals surface area contributed by atoms with Crippen LogP contribution in [0, 0.1) is 0 Å². The van der Waals surface area contributed by atoms with Crippen LogP contribution in [-0.2, 0) is 9.59 Å². The van der Waals surface area contributed by atoms with Crippen molar-refractivity contribution in [2.45, 2.75) is 25.8 Å². The maximum absolute atomic E-state index is 11.6. The Morgan fingerprint density at radius 3 is 2.69 bits per heavy atom. The van der Waals surface area contributed by atoms with Crippen LogP contribution in [0.25, 0.3) is 0 Å². The average Bonchev–Trinajstić information content (AvgIpc) is 2.22. The summed E-state index contributed by atoms with van der Waals surface area (Å²) in [5.74, 6) is -0.0239. The fraction of sp³-hybridized carbons (Fsp3) is 0.818. The first kappa shape index (κ1) is 13.0. The van der Waals surface area contributed by atoms with Gasteiger partial charge < -0.3 is 15.1 Å². The standard InChI is InChI=1S/C11H21N3O2/c1-9-11(16)12-8-10(15)14(9)7-5-4-6-13(2)3/h9H,4-8H2,1-3H3,(H,12,16). The molecule has 0 bridgehead atoms. The van der Waals surface area contributed by atoms with E-state index in [1.807, 2.05) is 14.1 Å². The van der Waals surface area contributed by atoms with E-state index < -0.39 is 0 Å². The van der Waals surface area contributed by atoms with Gasteiger partial charge in [-0.3, -0.25) is 9.59 Å². The van der Waals surface area contributed by atoms with Gasteiger partial charge in [-0.2, -0.15) is 0 Å². The molecule has 0 aromatic rings. The van der Waals surface area contributed by atoms with Gasteiger partial charge in [0.15, 0.2) is 0 Å². The molecule has 92 valence electrons. The number of amides is 2. The second kappa shape index (κ2) is 5.84. The third kappa shape index (κ3) is 3.48. The van der Waals surface area contributed by atoms with E-state index in [0.717, 1.165) is 19.4 Å². The zero-order chi connectivity index (χ0) is 12.1. The predicted octanol–water partition coefficient (Wildman–Crippen LogP) is -0.325. The monoisotopic (exact) mass is 227 g/mol. The van der Waals surface area contributed by atoms with Gasteiger partial charge in [-0.05, 0) is 40.4 Å². The predicted molar refractivity (Wildman–Crippen MR) is 62.0 cm³/mol. The third-order valence-electron chi connectivity index (χ3n) is 2.84. The van der Waals surface area contributed by atoms with Gasteiger partial charge in [-0.15, -0.1) is 0 Å². The molecule has 5 nitrogen and oxygen atoms in total. The van der Waals surface area contributed by atoms with Crippen LogP contribution in [0.5, 0.6) is 0 Å². The van der Waals surface area contributed by atoms with Crippen molar-refractivity contribution in [1.82, 2.24) is 15.1 Å². The van der Waals surface area contributed by atoms with Crippen molar-refractivity contribution in [2.24, 2.45) is 0 Å². The summed E-state index contributed by atoms with van der Waals surface area (Å²) in [5, 5.41) is 2.58. The van der Waals surface area contributed by atoms with Gasteiger partial charge >= 0.3 is 0 Å². The fourth-order valence-corrected chi connectivity index (χ4v) is 1.80. The molecule has 1 saturated heterocycles. The Labute approximate surface area is 96.8 Å². The number of nitrogens with one attached hydrogen (secondary N) is 1. The van der Waals surface area contributed by atoms with E-state index in [1.165, 1.54) is 0 Å². The summed E-state index contributed by atoms with van der Waals surface area (Å²) in [6, 6.07) is -0.319. The number of rotatable bonds is 5. The summed E-state index contributed by atoms with van der Waals surface area (Å²) in [5.41, 5.74) is 0. The van der Waals surface area contributed by atoms with E-state index in [0.29, 0.717) is 6.54 Å². The number of hydrogen-bond donors (Lipinski definition) is 1. The minimum atomic E-state index is -0.319. The minimum absolute atomic E-state index is 0.0250. The van der Waals surface area contributed by atoms with Crippen LogP contribution in [0.15, 0.2) is 0 Å². The SMILES string of the molecule is CC1C(=O)NCC(=O)N1CCCCN(C)C. The molecule has 1 unspecified atom stereocenters. The molecule has 1 atom stereocenters. The Morgan fingerprint density at radius 2 is 2.06 bits per heavy atom. The minimum Gasteiger partial charge on any atom is -0.345 e. The van der Waals surface area contributed by atoms with Gasteiger partial charge in [-0.1, -0.05) is 0 Å². The van der Waals surface area contributed by atoms with Gasteiger partial charge in [0.25, 0.3) is 0 Å². The molecule has 0 saturated carbocycles. The van der Waals surface area contributed by atoms with E-state index in [2.05, 4.69) is 10.2 Å². The highest BCUT2D eigenvalue weighted by Gasteiger charge is 2.29. The van der Waals surface area contributed by atoms with Crippen LogP contribution in [0.3, 0.4) is 0 Å². The molecule has 1 fully saturated rings. The maximum Gasteiger partial charge on any atom is 0.242 e. The molecule has 16 heavy (non-hydrogen) atoms. The van der Waals surface area contributed by atoms with Crippen LogP contribution in [0.1, 0.15) is 19.8 Å². The van der Waals surface area contributed by atoms with E-state index in [9.17, 15) is 9.59 Å². The van der Waals surface area contributed by atoms with Crippen molar-refractivity contribution in [2.75, 3.05) is 33.7 Å². The molecule has 5 heteroatoms. The zero-order valence-electron chi connectivity index (χ0n) is 10.3. The lowest BCUT2D eigenvalue weighted by atomic mass is 10.1. The summed E-state index contributed by atoms with van der Waals surface area (Å²) in [6.07, 6.45) is 1.99. The van der Waals surface area contributed by atoms with Crippen LogP contribution in [0.4, 0.5) is 0 Å². The van der Waals surface area contributed by atoms with Crippen LogP contribution < -0.4 is 5.32 Å². The van der Waals surface area contributed by atoms with Gasteiger partial charge in [0.05, 0.1) is 6.54 Å². The molecular weight excluding hydrogens is 206 g/mol. The van der Waals surface area contributed by atoms with Gasteiger partial charge in [-0.25, -0.2) is 0 Å². The number of hydrogen-bond acceptors (Lipinski definition) is 3. The summed E-state index contributed by atoms with van der Waals surface area (Å²) in [6.45, 7) is 3.62. The number of carbonyl (C=O) groups excluding carboxylic acids is 2. The molecule has 0 radical (unpaired) electrons. The topological polar surface area (TPSA) is 52.7 Å². The van der Waals surface area contributed by atoms with Crippen LogP contribution >= 0.6 is 0 Å². The van der Waals surface area contributed by atoms with E-state index in [1.54, 1.807) is 11.8 Å². The average molecular weight is 227 g/mol. The first-order valence-corrected chi connectivity index (χ1v) is 5.74. The molecule has 1 aliphatic heterocycles. The van der Waals surface area contributed by atoms with Crippen molar-refractivity contribution in [1.29, 1.82) is 0 Å². The molecule has 1 aliphatic rings. The molecular formula is C11H21N3O2. The zero-order valence-corrected chi connectivity index (χ0v) is 10.3. The smallest absolute Gasteiger partial charge is 0.242 e. The number of nitrogens with zero attached hydrogens (tertiary/aromatic N) is 2. The molecule has 2 amide bonds. The molecule has 1 heterocycles. The quantitative estimate of drug-likeness (QED) is 0.655. The lowest BCUT2D eigenvalue weighted by molar-refractivity contribution is -0.144. The maximum atomic E-state index is 11.6. The second-order valence-corrected chi connectivity index (χ2v) is 4.49. The lowest BCUT2D eigenvalue weighted by Crippen LogP contribution is -2.57. The molecule has 0 spiro atoms. The van der Waals surface area contributed by atoms with Gasteiger partial charge in [0.2, 0.25) is 11.8 Å². The Kier molecular flexibility index (Phi) is 4.73. The number of carbonyl (C=O) groups is 2. The lowest BCUT2D eigenvalue weighted by Gasteiger charge is -2.32. The van der Waals surface area contributed by atoms with Gasteiger partial charge in [0.1, 0.15) is 6.04 Å².